The van der Waals surface area contributed by atoms with Crippen molar-refractivity contribution in [3.05, 3.63) is 15.3 Å². The van der Waals surface area contributed by atoms with Gasteiger partial charge in [0.05, 0.1) is 7.11 Å². The molecule has 86 valence electrons. The van der Waals surface area contributed by atoms with Crippen LogP contribution in [0.25, 0.3) is 0 Å². The van der Waals surface area contributed by atoms with Crippen molar-refractivity contribution in [2.24, 2.45) is 0 Å². The Morgan fingerprint density at radius 2 is 2.00 bits per heavy atom. The first-order valence-electron chi connectivity index (χ1n) is 5.59. The van der Waals surface area contributed by atoms with Gasteiger partial charge in [-0.1, -0.05) is 44.2 Å². The van der Waals surface area contributed by atoms with Crippen LogP contribution in [0.2, 0.25) is 4.34 Å². The Morgan fingerprint density at radius 1 is 1.27 bits per heavy atom. The monoisotopic (exact) mass is 246 g/mol. The summed E-state index contributed by atoms with van der Waals surface area (Å²) in [6.07, 6.45) is 7.63. The minimum Gasteiger partial charge on any atom is -0.494 e. The van der Waals surface area contributed by atoms with Crippen LogP contribution in [0.15, 0.2) is 5.38 Å². The first kappa shape index (κ1) is 12.9. The third-order valence-corrected chi connectivity index (χ3v) is 3.76. The predicted molar refractivity (Wildman–Crippen MR) is 68.3 cm³/mol. The summed E-state index contributed by atoms with van der Waals surface area (Å²) in [5, 5.41) is 2.11. The first-order valence-corrected chi connectivity index (χ1v) is 6.85. The molecule has 1 rings (SSSR count). The molecule has 1 heterocycles. The minimum atomic E-state index is 0.779. The van der Waals surface area contributed by atoms with Gasteiger partial charge in [0, 0.05) is 5.56 Å². The second-order valence-corrected chi connectivity index (χ2v) is 5.21. The molecule has 0 atom stereocenters. The maximum Gasteiger partial charge on any atom is 0.151 e. The summed E-state index contributed by atoms with van der Waals surface area (Å²) in [4.78, 5) is 0. The summed E-state index contributed by atoms with van der Waals surface area (Å²) < 4.78 is 6.05. The fourth-order valence-electron chi connectivity index (χ4n) is 1.66. The van der Waals surface area contributed by atoms with Crippen molar-refractivity contribution in [2.75, 3.05) is 7.11 Å². The molecular weight excluding hydrogens is 228 g/mol. The summed E-state index contributed by atoms with van der Waals surface area (Å²) in [5.74, 6) is 0.886. The zero-order valence-electron chi connectivity index (χ0n) is 9.51. The summed E-state index contributed by atoms with van der Waals surface area (Å²) in [6, 6.07) is 0. The molecule has 0 aliphatic rings. The fourth-order valence-corrected chi connectivity index (χ4v) is 2.78. The van der Waals surface area contributed by atoms with E-state index in [-0.39, 0.29) is 0 Å². The van der Waals surface area contributed by atoms with Crippen LogP contribution in [0.1, 0.15) is 44.6 Å². The lowest BCUT2D eigenvalue weighted by Gasteiger charge is -2.03. The molecule has 0 N–H and O–H groups in total. The first-order chi connectivity index (χ1) is 7.29. The number of aryl methyl sites for hydroxylation is 1. The second-order valence-electron chi connectivity index (χ2n) is 3.73. The van der Waals surface area contributed by atoms with Crippen molar-refractivity contribution in [3.8, 4) is 5.75 Å². The number of thiophene rings is 1. The van der Waals surface area contributed by atoms with Gasteiger partial charge in [-0.3, -0.25) is 0 Å². The topological polar surface area (TPSA) is 9.23 Å². The molecular formula is C12H19ClOS. The van der Waals surface area contributed by atoms with Gasteiger partial charge in [0.2, 0.25) is 0 Å². The highest BCUT2D eigenvalue weighted by Gasteiger charge is 2.09. The van der Waals surface area contributed by atoms with Crippen molar-refractivity contribution in [2.45, 2.75) is 45.4 Å². The average molecular weight is 247 g/mol. The molecule has 0 aliphatic heterocycles. The summed E-state index contributed by atoms with van der Waals surface area (Å²) in [6.45, 7) is 2.24. The summed E-state index contributed by atoms with van der Waals surface area (Å²) in [5.41, 5.74) is 1.27. The minimum absolute atomic E-state index is 0.779. The summed E-state index contributed by atoms with van der Waals surface area (Å²) >= 11 is 7.57. The van der Waals surface area contributed by atoms with Crippen LogP contribution >= 0.6 is 22.9 Å². The Hall–Kier alpha value is -0.210. The molecule has 0 amide bonds. The molecule has 1 aromatic heterocycles. The van der Waals surface area contributed by atoms with Crippen LogP contribution in [0.4, 0.5) is 0 Å². The molecule has 0 spiro atoms. The molecule has 1 aromatic rings. The van der Waals surface area contributed by atoms with Crippen LogP contribution in [0, 0.1) is 0 Å². The molecule has 1 nitrogen and oxygen atoms in total. The van der Waals surface area contributed by atoms with E-state index in [2.05, 4.69) is 12.3 Å². The maximum atomic E-state index is 6.00. The second kappa shape index (κ2) is 7.13. The smallest absolute Gasteiger partial charge is 0.151 e. The van der Waals surface area contributed by atoms with Gasteiger partial charge in [0.25, 0.3) is 0 Å². The fraction of sp³-hybridized carbons (Fsp3) is 0.667. The molecule has 0 unspecified atom stereocenters. The van der Waals surface area contributed by atoms with Gasteiger partial charge in [-0.25, -0.2) is 0 Å². The van der Waals surface area contributed by atoms with E-state index in [1.807, 2.05) is 0 Å². The van der Waals surface area contributed by atoms with Crippen molar-refractivity contribution in [3.63, 3.8) is 0 Å². The molecule has 0 aromatic carbocycles. The van der Waals surface area contributed by atoms with Crippen molar-refractivity contribution < 1.29 is 4.74 Å². The van der Waals surface area contributed by atoms with E-state index in [4.69, 9.17) is 16.3 Å². The van der Waals surface area contributed by atoms with E-state index in [1.54, 1.807) is 18.4 Å². The van der Waals surface area contributed by atoms with Crippen LogP contribution in [-0.2, 0) is 6.42 Å². The third-order valence-electron chi connectivity index (χ3n) is 2.53. The Bertz CT molecular complexity index is 283. The zero-order chi connectivity index (χ0) is 11.1. The number of hydrogen-bond acceptors (Lipinski definition) is 2. The lowest BCUT2D eigenvalue weighted by atomic mass is 10.1. The van der Waals surface area contributed by atoms with Crippen molar-refractivity contribution >= 4 is 22.9 Å². The van der Waals surface area contributed by atoms with Crippen molar-refractivity contribution in [1.29, 1.82) is 0 Å². The van der Waals surface area contributed by atoms with Crippen LogP contribution in [0.3, 0.4) is 0 Å². The lowest BCUT2D eigenvalue weighted by Crippen LogP contribution is -1.89. The van der Waals surface area contributed by atoms with Gasteiger partial charge in [0.15, 0.2) is 5.75 Å². The van der Waals surface area contributed by atoms with E-state index in [9.17, 15) is 0 Å². The van der Waals surface area contributed by atoms with E-state index in [0.717, 1.165) is 16.5 Å². The highest BCUT2D eigenvalue weighted by atomic mass is 35.5. The number of rotatable bonds is 7. The highest BCUT2D eigenvalue weighted by molar-refractivity contribution is 7.14. The van der Waals surface area contributed by atoms with Gasteiger partial charge in [-0.05, 0) is 18.2 Å². The van der Waals surface area contributed by atoms with Gasteiger partial charge >= 0.3 is 0 Å². The molecule has 3 heteroatoms. The molecule has 0 radical (unpaired) electrons. The van der Waals surface area contributed by atoms with Gasteiger partial charge in [-0.2, -0.15) is 0 Å². The molecule has 0 fully saturated rings. The third kappa shape index (κ3) is 4.04. The molecule has 0 saturated carbocycles. The average Bonchev–Trinajstić information content (AvgIpc) is 2.59. The largest absolute Gasteiger partial charge is 0.494 e. The number of ether oxygens (including phenoxy) is 1. The van der Waals surface area contributed by atoms with Crippen LogP contribution in [-0.4, -0.2) is 7.11 Å². The van der Waals surface area contributed by atoms with Crippen LogP contribution < -0.4 is 4.74 Å². The lowest BCUT2D eigenvalue weighted by molar-refractivity contribution is 0.411. The Labute approximate surface area is 101 Å². The standard InChI is InChI=1S/C12H19ClOS/c1-3-4-5-6-7-8-10-9-15-12(13)11(10)14-2/h9H,3-8H2,1-2H3. The maximum absolute atomic E-state index is 6.00. The van der Waals surface area contributed by atoms with E-state index in [1.165, 1.54) is 37.7 Å². The van der Waals surface area contributed by atoms with Gasteiger partial charge < -0.3 is 4.74 Å². The number of methoxy groups -OCH3 is 1. The zero-order valence-corrected chi connectivity index (χ0v) is 11.1. The van der Waals surface area contributed by atoms with E-state index < -0.39 is 0 Å². The van der Waals surface area contributed by atoms with Crippen LogP contribution in [0.5, 0.6) is 5.75 Å². The number of hydrogen-bond donors (Lipinski definition) is 0. The highest BCUT2D eigenvalue weighted by Crippen LogP contribution is 2.35. The number of unbranched alkanes of at least 4 members (excludes halogenated alkanes) is 4. The molecule has 0 saturated heterocycles. The molecule has 0 aliphatic carbocycles. The Morgan fingerprint density at radius 3 is 2.67 bits per heavy atom. The van der Waals surface area contributed by atoms with Gasteiger partial charge in [-0.15, -0.1) is 11.3 Å². The normalized spacial score (nSPS) is 10.6. The van der Waals surface area contributed by atoms with Gasteiger partial charge in [0.1, 0.15) is 4.34 Å². The van der Waals surface area contributed by atoms with E-state index in [0.29, 0.717) is 0 Å². The molecule has 15 heavy (non-hydrogen) atoms. The quantitative estimate of drug-likeness (QED) is 0.621. The molecule has 0 bridgehead atoms. The summed E-state index contributed by atoms with van der Waals surface area (Å²) in [7, 11) is 1.69. The Balaban J connectivity index is 2.30. The predicted octanol–water partition coefficient (Wildman–Crippen LogP) is 4.92. The van der Waals surface area contributed by atoms with Crippen molar-refractivity contribution in [1.82, 2.24) is 0 Å². The Kier molecular flexibility index (Phi) is 6.11. The number of halogens is 1. The van der Waals surface area contributed by atoms with E-state index >= 15 is 0 Å². The SMILES string of the molecule is CCCCCCCc1csc(Cl)c1OC.